The number of hydrogen-bond donors (Lipinski definition) is 3. The van der Waals surface area contributed by atoms with E-state index < -0.39 is 5.97 Å². The van der Waals surface area contributed by atoms with Crippen molar-refractivity contribution in [2.24, 2.45) is 11.8 Å². The van der Waals surface area contributed by atoms with E-state index in [9.17, 15) is 9.59 Å². The van der Waals surface area contributed by atoms with Gasteiger partial charge in [0.05, 0.1) is 5.92 Å². The Morgan fingerprint density at radius 2 is 1.40 bits per heavy atom. The van der Waals surface area contributed by atoms with Crippen LogP contribution in [0.15, 0.2) is 54.6 Å². The van der Waals surface area contributed by atoms with E-state index >= 15 is 0 Å². The third kappa shape index (κ3) is 4.59. The van der Waals surface area contributed by atoms with Gasteiger partial charge in [-0.15, -0.1) is 0 Å². The average Bonchev–Trinajstić information content (AvgIpc) is 2.63. The number of nitrogens with one attached hydrogen (secondary N) is 2. The molecule has 130 valence electrons. The number of carbonyl (C=O) groups excluding carboxylic acids is 1. The van der Waals surface area contributed by atoms with Crippen molar-refractivity contribution < 1.29 is 14.7 Å². The first-order chi connectivity index (χ1) is 12.1. The van der Waals surface area contributed by atoms with Crippen molar-refractivity contribution in [1.29, 1.82) is 0 Å². The van der Waals surface area contributed by atoms with Crippen molar-refractivity contribution in [3.63, 3.8) is 0 Å². The summed E-state index contributed by atoms with van der Waals surface area (Å²) in [4.78, 5) is 23.4. The molecule has 3 rings (SSSR count). The van der Waals surface area contributed by atoms with E-state index in [0.29, 0.717) is 25.7 Å². The van der Waals surface area contributed by atoms with Gasteiger partial charge < -0.3 is 15.7 Å². The molecule has 0 saturated heterocycles. The van der Waals surface area contributed by atoms with E-state index in [0.717, 1.165) is 17.1 Å². The van der Waals surface area contributed by atoms with Crippen molar-refractivity contribution in [2.75, 3.05) is 10.6 Å². The lowest BCUT2D eigenvalue weighted by molar-refractivity contribution is -0.143. The Hall–Kier alpha value is -2.82. The molecule has 0 unspecified atom stereocenters. The van der Waals surface area contributed by atoms with E-state index in [-0.39, 0.29) is 17.7 Å². The summed E-state index contributed by atoms with van der Waals surface area (Å²) in [7, 11) is 0. The van der Waals surface area contributed by atoms with Gasteiger partial charge in [-0.1, -0.05) is 24.3 Å². The molecule has 0 radical (unpaired) electrons. The first kappa shape index (κ1) is 17.0. The van der Waals surface area contributed by atoms with Gasteiger partial charge >= 0.3 is 5.97 Å². The van der Waals surface area contributed by atoms with E-state index in [1.54, 1.807) is 0 Å². The summed E-state index contributed by atoms with van der Waals surface area (Å²) in [6.45, 7) is 0. The highest BCUT2D eigenvalue weighted by atomic mass is 16.4. The molecule has 1 aliphatic rings. The fourth-order valence-corrected chi connectivity index (χ4v) is 3.21. The molecular weight excluding hydrogens is 316 g/mol. The van der Waals surface area contributed by atoms with Crippen LogP contribution in [0.4, 0.5) is 17.1 Å². The molecule has 0 heterocycles. The second-order valence-corrected chi connectivity index (χ2v) is 6.45. The smallest absolute Gasteiger partial charge is 0.306 e. The van der Waals surface area contributed by atoms with E-state index in [1.165, 1.54) is 0 Å². The molecule has 25 heavy (non-hydrogen) atoms. The topological polar surface area (TPSA) is 78.4 Å². The van der Waals surface area contributed by atoms with Crippen LogP contribution in [0, 0.1) is 11.8 Å². The van der Waals surface area contributed by atoms with Crippen LogP contribution in [0.3, 0.4) is 0 Å². The molecule has 1 saturated carbocycles. The predicted octanol–water partition coefficient (Wildman–Crippen LogP) is 4.26. The highest BCUT2D eigenvalue weighted by molar-refractivity contribution is 5.93. The number of carboxylic acid groups (broad SMARTS) is 1. The summed E-state index contributed by atoms with van der Waals surface area (Å²) in [5.74, 6) is -1.19. The van der Waals surface area contributed by atoms with Gasteiger partial charge in [-0.25, -0.2) is 0 Å². The van der Waals surface area contributed by atoms with Gasteiger partial charge in [-0.2, -0.15) is 0 Å². The molecule has 0 aliphatic heterocycles. The van der Waals surface area contributed by atoms with Crippen LogP contribution in [-0.2, 0) is 9.59 Å². The first-order valence-corrected chi connectivity index (χ1v) is 8.57. The monoisotopic (exact) mass is 338 g/mol. The van der Waals surface area contributed by atoms with Crippen molar-refractivity contribution in [3.05, 3.63) is 54.6 Å². The summed E-state index contributed by atoms with van der Waals surface area (Å²) >= 11 is 0. The van der Waals surface area contributed by atoms with Crippen molar-refractivity contribution in [3.8, 4) is 0 Å². The Morgan fingerprint density at radius 3 is 2.08 bits per heavy atom. The third-order valence-corrected chi connectivity index (χ3v) is 4.64. The molecule has 2 aromatic carbocycles. The Labute approximate surface area is 147 Å². The minimum Gasteiger partial charge on any atom is -0.481 e. The van der Waals surface area contributed by atoms with Crippen LogP contribution in [0.25, 0.3) is 0 Å². The van der Waals surface area contributed by atoms with Gasteiger partial charge in [-0.05, 0) is 56.0 Å². The summed E-state index contributed by atoms with van der Waals surface area (Å²) in [5.41, 5.74) is 2.63. The number of rotatable bonds is 5. The maximum absolute atomic E-state index is 12.4. The lowest BCUT2D eigenvalue weighted by Gasteiger charge is -2.25. The number of carboxylic acids is 1. The molecule has 0 atom stereocenters. The second kappa shape index (κ2) is 7.83. The van der Waals surface area contributed by atoms with Crippen LogP contribution in [0.1, 0.15) is 25.7 Å². The molecule has 5 nitrogen and oxygen atoms in total. The summed E-state index contributed by atoms with van der Waals surface area (Å²) in [5, 5.41) is 15.3. The van der Waals surface area contributed by atoms with Crippen molar-refractivity contribution in [1.82, 2.24) is 0 Å². The maximum Gasteiger partial charge on any atom is 0.306 e. The first-order valence-electron chi connectivity index (χ1n) is 8.57. The predicted molar refractivity (Wildman–Crippen MR) is 97.9 cm³/mol. The molecular formula is C20H22N2O3. The number of aliphatic carboxylic acids is 1. The molecule has 0 aromatic heterocycles. The van der Waals surface area contributed by atoms with Gasteiger partial charge in [0.1, 0.15) is 0 Å². The van der Waals surface area contributed by atoms with Crippen LogP contribution < -0.4 is 10.6 Å². The number of amides is 1. The van der Waals surface area contributed by atoms with Gasteiger partial charge in [0, 0.05) is 23.0 Å². The highest BCUT2D eigenvalue weighted by Crippen LogP contribution is 2.30. The van der Waals surface area contributed by atoms with Crippen molar-refractivity contribution in [2.45, 2.75) is 25.7 Å². The van der Waals surface area contributed by atoms with Crippen LogP contribution in [0.5, 0.6) is 0 Å². The molecule has 2 aromatic rings. The van der Waals surface area contributed by atoms with Gasteiger partial charge in [0.25, 0.3) is 0 Å². The third-order valence-electron chi connectivity index (χ3n) is 4.64. The molecule has 3 N–H and O–H groups in total. The van der Waals surface area contributed by atoms with E-state index in [4.69, 9.17) is 5.11 Å². The minimum atomic E-state index is -0.751. The lowest BCUT2D eigenvalue weighted by Crippen LogP contribution is -2.29. The summed E-state index contributed by atoms with van der Waals surface area (Å²) < 4.78 is 0. The molecule has 0 spiro atoms. The maximum atomic E-state index is 12.4. The Balaban J connectivity index is 1.58. The zero-order valence-corrected chi connectivity index (χ0v) is 13.9. The molecule has 1 amide bonds. The Morgan fingerprint density at radius 1 is 0.800 bits per heavy atom. The zero-order chi connectivity index (χ0) is 17.6. The normalized spacial score (nSPS) is 19.8. The molecule has 5 heteroatoms. The summed E-state index contributed by atoms with van der Waals surface area (Å²) in [6, 6.07) is 17.4. The number of benzene rings is 2. The molecule has 0 bridgehead atoms. The van der Waals surface area contributed by atoms with Crippen LogP contribution in [0.2, 0.25) is 0 Å². The van der Waals surface area contributed by atoms with Gasteiger partial charge in [0.2, 0.25) is 5.91 Å². The second-order valence-electron chi connectivity index (χ2n) is 6.45. The van der Waals surface area contributed by atoms with Crippen LogP contribution in [-0.4, -0.2) is 17.0 Å². The SMILES string of the molecule is O=C(O)C1CCC(C(=O)Nc2cccc(Nc3ccccc3)c2)CC1. The van der Waals surface area contributed by atoms with Crippen LogP contribution >= 0.6 is 0 Å². The largest absolute Gasteiger partial charge is 0.481 e. The number of hydrogen-bond acceptors (Lipinski definition) is 3. The Bertz CT molecular complexity index is 738. The molecule has 1 fully saturated rings. The standard InChI is InChI=1S/C20H22N2O3/c23-19(14-9-11-15(12-10-14)20(24)25)22-18-8-4-7-17(13-18)21-16-5-2-1-3-6-16/h1-8,13-15,21H,9-12H2,(H,22,23)(H,24,25). The van der Waals surface area contributed by atoms with Crippen molar-refractivity contribution >= 4 is 28.9 Å². The van der Waals surface area contributed by atoms with E-state index in [2.05, 4.69) is 10.6 Å². The quantitative estimate of drug-likeness (QED) is 0.761. The fraction of sp³-hybridized carbons (Fsp3) is 0.300. The van der Waals surface area contributed by atoms with Gasteiger partial charge in [0.15, 0.2) is 0 Å². The summed E-state index contributed by atoms with van der Waals surface area (Å²) in [6.07, 6.45) is 2.40. The Kier molecular flexibility index (Phi) is 5.33. The fourth-order valence-electron chi connectivity index (χ4n) is 3.21. The number of anilines is 3. The lowest BCUT2D eigenvalue weighted by atomic mass is 9.81. The zero-order valence-electron chi connectivity index (χ0n) is 13.9. The van der Waals surface area contributed by atoms with Gasteiger partial charge in [-0.3, -0.25) is 9.59 Å². The number of para-hydroxylation sites is 1. The molecule has 1 aliphatic carbocycles. The highest BCUT2D eigenvalue weighted by Gasteiger charge is 2.29. The average molecular weight is 338 g/mol. The number of carbonyl (C=O) groups is 2. The minimum absolute atomic E-state index is 0.0271. The van der Waals surface area contributed by atoms with E-state index in [1.807, 2.05) is 54.6 Å².